The first kappa shape index (κ1) is 21.5. The van der Waals surface area contributed by atoms with Crippen LogP contribution in [0.3, 0.4) is 0 Å². The summed E-state index contributed by atoms with van der Waals surface area (Å²) in [5.74, 6) is 0.588. The molecular weight excluding hydrogens is 240 g/mol. The Morgan fingerprint density at radius 1 is 0.900 bits per heavy atom. The second kappa shape index (κ2) is 10.0. The third-order valence-corrected chi connectivity index (χ3v) is 3.10. The average Bonchev–Trinajstić information content (AvgIpc) is 2.32. The highest BCUT2D eigenvalue weighted by Crippen LogP contribution is 2.40. The average molecular weight is 279 g/mol. The Morgan fingerprint density at radius 3 is 1.70 bits per heavy atom. The van der Waals surface area contributed by atoms with E-state index in [-0.39, 0.29) is 0 Å². The Kier molecular flexibility index (Phi) is 10.8. The molecule has 0 fully saturated rings. The lowest BCUT2D eigenvalue weighted by molar-refractivity contribution is 0.199. The van der Waals surface area contributed by atoms with Gasteiger partial charge in [0.15, 0.2) is 0 Å². The molecule has 0 bridgehead atoms. The Hall–Kier alpha value is -0.780. The molecule has 0 nitrogen and oxygen atoms in total. The minimum absolute atomic E-state index is 0.292. The molecule has 0 aromatic heterocycles. The summed E-state index contributed by atoms with van der Waals surface area (Å²) >= 11 is 0. The molecule has 0 aliphatic carbocycles. The molecule has 0 saturated heterocycles. The predicted molar refractivity (Wildman–Crippen MR) is 96.1 cm³/mol. The van der Waals surface area contributed by atoms with Crippen LogP contribution in [0.25, 0.3) is 0 Å². The van der Waals surface area contributed by atoms with E-state index < -0.39 is 0 Å². The predicted octanol–water partition coefficient (Wildman–Crippen LogP) is 7.19. The van der Waals surface area contributed by atoms with Gasteiger partial charge in [0.25, 0.3) is 0 Å². The van der Waals surface area contributed by atoms with E-state index >= 15 is 0 Å². The molecule has 0 heterocycles. The van der Waals surface area contributed by atoms with E-state index in [4.69, 9.17) is 0 Å². The largest absolute Gasteiger partial charge is 0.0877 e. The van der Waals surface area contributed by atoms with Gasteiger partial charge in [0.1, 0.15) is 0 Å². The van der Waals surface area contributed by atoms with Gasteiger partial charge in [0.05, 0.1) is 0 Å². The smallest absolute Gasteiger partial charge is 0.0108 e. The van der Waals surface area contributed by atoms with Crippen LogP contribution in [0.2, 0.25) is 0 Å². The van der Waals surface area contributed by atoms with E-state index in [9.17, 15) is 0 Å². The summed E-state index contributed by atoms with van der Waals surface area (Å²) in [5, 5.41) is 0. The topological polar surface area (TPSA) is 0 Å². The lowest BCUT2D eigenvalue weighted by atomic mass is 9.68. The summed E-state index contributed by atoms with van der Waals surface area (Å²) in [6, 6.07) is 0. The van der Waals surface area contributed by atoms with E-state index in [1.165, 1.54) is 12.0 Å². The van der Waals surface area contributed by atoms with Crippen LogP contribution in [0.15, 0.2) is 36.0 Å². The lowest BCUT2D eigenvalue weighted by Gasteiger charge is -2.36. The Labute approximate surface area is 129 Å². The van der Waals surface area contributed by atoms with Gasteiger partial charge < -0.3 is 0 Å². The molecule has 0 saturated carbocycles. The molecule has 118 valence electrons. The monoisotopic (exact) mass is 278 g/mol. The Bertz CT molecular complexity index is 313. The van der Waals surface area contributed by atoms with Crippen LogP contribution in [-0.2, 0) is 0 Å². The normalized spacial score (nSPS) is 15.4. The highest BCUT2D eigenvalue weighted by molar-refractivity contribution is 5.27. The van der Waals surface area contributed by atoms with Crippen molar-refractivity contribution in [1.82, 2.24) is 0 Å². The van der Waals surface area contributed by atoms with Crippen molar-refractivity contribution in [3.05, 3.63) is 36.0 Å². The van der Waals surface area contributed by atoms with Crippen LogP contribution in [0.4, 0.5) is 0 Å². The van der Waals surface area contributed by atoms with Crippen molar-refractivity contribution in [2.24, 2.45) is 16.7 Å². The fourth-order valence-electron chi connectivity index (χ4n) is 2.22. The first-order valence-corrected chi connectivity index (χ1v) is 8.07. The number of rotatable bonds is 4. The molecule has 0 radical (unpaired) electrons. The van der Waals surface area contributed by atoms with Crippen molar-refractivity contribution in [2.45, 2.75) is 75.7 Å². The Balaban J connectivity index is 0. The van der Waals surface area contributed by atoms with Crippen molar-refractivity contribution >= 4 is 0 Å². The van der Waals surface area contributed by atoms with E-state index in [2.05, 4.69) is 85.8 Å². The maximum Gasteiger partial charge on any atom is -0.0108 e. The molecule has 0 aliphatic heterocycles. The van der Waals surface area contributed by atoms with Crippen LogP contribution in [0.5, 0.6) is 0 Å². The van der Waals surface area contributed by atoms with Gasteiger partial charge in [0.2, 0.25) is 0 Å². The molecule has 0 spiro atoms. The van der Waals surface area contributed by atoms with Crippen molar-refractivity contribution in [3.63, 3.8) is 0 Å². The Morgan fingerprint density at radius 2 is 1.40 bits per heavy atom. The fourth-order valence-corrected chi connectivity index (χ4v) is 2.22. The van der Waals surface area contributed by atoms with Crippen molar-refractivity contribution in [2.75, 3.05) is 0 Å². The molecule has 0 rings (SSSR count). The van der Waals surface area contributed by atoms with Crippen LogP contribution >= 0.6 is 0 Å². The molecule has 0 amide bonds. The lowest BCUT2D eigenvalue weighted by Crippen LogP contribution is -2.26. The van der Waals surface area contributed by atoms with E-state index in [0.717, 1.165) is 0 Å². The van der Waals surface area contributed by atoms with Gasteiger partial charge in [-0.3, -0.25) is 0 Å². The van der Waals surface area contributed by atoms with Crippen LogP contribution in [0, 0.1) is 16.7 Å². The standard InChI is InChI=1S/C18H32.C2H6/c1-9-11-13-15(12-10-2)16(18(6,7)8)14-17(3,4)5;1-2/h9-13,16H,14H2,1-8H3;1-2H3/b11-9-,12-10-,15-13+;. The van der Waals surface area contributed by atoms with E-state index in [1.807, 2.05) is 13.8 Å². The molecule has 0 heteroatoms. The zero-order valence-corrected chi connectivity index (χ0v) is 15.7. The van der Waals surface area contributed by atoms with Gasteiger partial charge in [-0.1, -0.05) is 85.8 Å². The quantitative estimate of drug-likeness (QED) is 0.477. The molecular formula is C20H38. The van der Waals surface area contributed by atoms with Gasteiger partial charge in [-0.2, -0.15) is 0 Å². The molecule has 1 unspecified atom stereocenters. The second-order valence-electron chi connectivity index (χ2n) is 7.38. The van der Waals surface area contributed by atoms with Gasteiger partial charge in [-0.05, 0) is 42.6 Å². The molecule has 0 aromatic rings. The highest BCUT2D eigenvalue weighted by Gasteiger charge is 2.30. The van der Waals surface area contributed by atoms with E-state index in [1.54, 1.807) is 0 Å². The molecule has 0 aromatic carbocycles. The molecule has 0 aliphatic rings. The first-order chi connectivity index (χ1) is 9.11. The second-order valence-corrected chi connectivity index (χ2v) is 7.38. The van der Waals surface area contributed by atoms with Crippen LogP contribution < -0.4 is 0 Å². The van der Waals surface area contributed by atoms with Crippen molar-refractivity contribution < 1.29 is 0 Å². The van der Waals surface area contributed by atoms with Gasteiger partial charge in [-0.15, -0.1) is 0 Å². The summed E-state index contributed by atoms with van der Waals surface area (Å²) in [4.78, 5) is 0. The SMILES string of the molecule is CC.C\C=C/C=C(\C=C/C)C(CC(C)(C)C)C(C)(C)C. The summed E-state index contributed by atoms with van der Waals surface area (Å²) in [6.07, 6.45) is 12.1. The van der Waals surface area contributed by atoms with E-state index in [0.29, 0.717) is 16.7 Å². The minimum atomic E-state index is 0.292. The number of allylic oxidation sites excluding steroid dienone is 6. The van der Waals surface area contributed by atoms with Gasteiger partial charge >= 0.3 is 0 Å². The maximum absolute atomic E-state index is 2.34. The minimum Gasteiger partial charge on any atom is -0.0877 e. The summed E-state index contributed by atoms with van der Waals surface area (Å²) in [6.45, 7) is 22.2. The van der Waals surface area contributed by atoms with Crippen molar-refractivity contribution in [3.8, 4) is 0 Å². The summed E-state index contributed by atoms with van der Waals surface area (Å²) < 4.78 is 0. The zero-order chi connectivity index (χ0) is 16.4. The highest BCUT2D eigenvalue weighted by atomic mass is 14.3. The fraction of sp³-hybridized carbons (Fsp3) is 0.700. The number of hydrogen-bond acceptors (Lipinski definition) is 0. The van der Waals surface area contributed by atoms with Gasteiger partial charge in [0, 0.05) is 0 Å². The van der Waals surface area contributed by atoms with Crippen molar-refractivity contribution in [1.29, 1.82) is 0 Å². The molecule has 0 N–H and O–H groups in total. The first-order valence-electron chi connectivity index (χ1n) is 8.07. The summed E-state index contributed by atoms with van der Waals surface area (Å²) in [5.41, 5.74) is 2.09. The summed E-state index contributed by atoms with van der Waals surface area (Å²) in [7, 11) is 0. The third-order valence-electron chi connectivity index (χ3n) is 3.10. The maximum atomic E-state index is 2.34. The molecule has 1 atom stereocenters. The van der Waals surface area contributed by atoms with Crippen LogP contribution in [0.1, 0.15) is 75.7 Å². The zero-order valence-electron chi connectivity index (χ0n) is 15.7. The molecule has 20 heavy (non-hydrogen) atoms. The van der Waals surface area contributed by atoms with Crippen LogP contribution in [-0.4, -0.2) is 0 Å². The third kappa shape index (κ3) is 10.1. The number of hydrogen-bond donors (Lipinski definition) is 0. The van der Waals surface area contributed by atoms with Gasteiger partial charge in [-0.25, -0.2) is 0 Å².